The van der Waals surface area contributed by atoms with Crippen LogP contribution in [0.3, 0.4) is 0 Å². The summed E-state index contributed by atoms with van der Waals surface area (Å²) < 4.78 is 28.9. The minimum absolute atomic E-state index is 0. The number of amides is 1. The number of rotatable bonds is 5. The van der Waals surface area contributed by atoms with Crippen LogP contribution in [-0.2, 0) is 23.0 Å². The summed E-state index contributed by atoms with van der Waals surface area (Å²) in [5.74, 6) is -0.110. The van der Waals surface area contributed by atoms with Gasteiger partial charge in [0.2, 0.25) is 0 Å². The largest absolute Gasteiger partial charge is 0.345 e. The quantitative estimate of drug-likeness (QED) is 0.290. The molecule has 0 fully saturated rings. The van der Waals surface area contributed by atoms with Crippen LogP contribution in [0.4, 0.5) is 0 Å². The third kappa shape index (κ3) is 5.19. The fourth-order valence-electron chi connectivity index (χ4n) is 5.32. The van der Waals surface area contributed by atoms with E-state index >= 15 is 0 Å². The molecule has 0 radical (unpaired) electrons. The van der Waals surface area contributed by atoms with Crippen molar-refractivity contribution >= 4 is 39.5 Å². The highest BCUT2D eigenvalue weighted by atomic mass is 35.5. The lowest BCUT2D eigenvalue weighted by molar-refractivity contribution is 0.0827. The molecule has 1 amide bonds. The molecule has 216 valence electrons. The second kappa shape index (κ2) is 11.3. The Morgan fingerprint density at radius 3 is 2.38 bits per heavy atom. The molecule has 0 saturated heterocycles. The molecule has 1 aliphatic heterocycles. The van der Waals surface area contributed by atoms with E-state index < -0.39 is 10.0 Å². The Labute approximate surface area is 251 Å². The van der Waals surface area contributed by atoms with Crippen molar-refractivity contribution < 1.29 is 13.2 Å². The summed E-state index contributed by atoms with van der Waals surface area (Å²) in [6.07, 6.45) is 4.17. The van der Waals surface area contributed by atoms with Gasteiger partial charge in [-0.2, -0.15) is 0 Å². The predicted molar refractivity (Wildman–Crippen MR) is 168 cm³/mol. The van der Waals surface area contributed by atoms with Crippen molar-refractivity contribution in [1.29, 1.82) is 0 Å². The topological polar surface area (TPSA) is 97.2 Å². The van der Waals surface area contributed by atoms with E-state index in [1.165, 1.54) is 25.6 Å². The molecule has 0 spiro atoms. The highest BCUT2D eigenvalue weighted by Gasteiger charge is 2.25. The molecule has 0 bridgehead atoms. The highest BCUT2D eigenvalue weighted by Crippen LogP contribution is 2.34. The zero-order chi connectivity index (χ0) is 28.9. The molecule has 5 aromatic rings. The van der Waals surface area contributed by atoms with E-state index in [0.717, 1.165) is 36.2 Å². The summed E-state index contributed by atoms with van der Waals surface area (Å²) in [7, 11) is -0.544. The van der Waals surface area contributed by atoms with Gasteiger partial charge in [-0.15, -0.1) is 12.4 Å². The molecule has 3 aromatic carbocycles. The summed E-state index contributed by atoms with van der Waals surface area (Å²) in [5, 5.41) is 3.43. The fourth-order valence-corrected chi connectivity index (χ4v) is 6.64. The summed E-state index contributed by atoms with van der Waals surface area (Å²) >= 11 is 0. The van der Waals surface area contributed by atoms with Crippen molar-refractivity contribution in [1.82, 2.24) is 24.2 Å². The minimum atomic E-state index is -3.95. The zero-order valence-corrected chi connectivity index (χ0v) is 25.5. The summed E-state index contributed by atoms with van der Waals surface area (Å²) in [4.78, 5) is 23.8. The molecule has 6 rings (SSSR count). The Morgan fingerprint density at radius 1 is 0.976 bits per heavy atom. The van der Waals surface area contributed by atoms with Crippen LogP contribution >= 0.6 is 12.4 Å². The number of nitrogens with one attached hydrogen (secondary N) is 1. The maximum atomic E-state index is 13.8. The maximum absolute atomic E-state index is 13.8. The molecule has 0 aliphatic carbocycles. The van der Waals surface area contributed by atoms with Crippen LogP contribution in [-0.4, -0.2) is 53.8 Å². The number of aromatic nitrogens is 3. The van der Waals surface area contributed by atoms with Gasteiger partial charge in [0.15, 0.2) is 5.65 Å². The lowest BCUT2D eigenvalue weighted by Crippen LogP contribution is -2.24. The van der Waals surface area contributed by atoms with E-state index in [9.17, 15) is 13.2 Å². The van der Waals surface area contributed by atoms with Crippen molar-refractivity contribution in [3.63, 3.8) is 0 Å². The predicted octanol–water partition coefficient (Wildman–Crippen LogP) is 5.39. The molecule has 8 nitrogen and oxygen atoms in total. The van der Waals surface area contributed by atoms with Crippen LogP contribution < -0.4 is 5.32 Å². The van der Waals surface area contributed by atoms with Gasteiger partial charge in [-0.25, -0.2) is 22.4 Å². The fraction of sp³-hybridized carbons (Fsp3) is 0.219. The Balaban J connectivity index is 0.00000353. The number of fused-ring (bicyclic) bond motifs is 2. The second-order valence-electron chi connectivity index (χ2n) is 10.7. The monoisotopic (exact) mass is 601 g/mol. The van der Waals surface area contributed by atoms with Crippen LogP contribution in [0.2, 0.25) is 0 Å². The van der Waals surface area contributed by atoms with Gasteiger partial charge < -0.3 is 10.2 Å². The molecule has 42 heavy (non-hydrogen) atoms. The molecule has 0 unspecified atom stereocenters. The van der Waals surface area contributed by atoms with E-state index in [1.807, 2.05) is 19.1 Å². The van der Waals surface area contributed by atoms with Crippen molar-refractivity contribution in [2.75, 3.05) is 20.6 Å². The van der Waals surface area contributed by atoms with Gasteiger partial charge in [0.05, 0.1) is 16.8 Å². The number of benzene rings is 3. The molecular weight excluding hydrogens is 570 g/mol. The smallest absolute Gasteiger partial charge is 0.269 e. The van der Waals surface area contributed by atoms with Crippen LogP contribution in [0, 0.1) is 13.8 Å². The van der Waals surface area contributed by atoms with Gasteiger partial charge in [-0.05, 0) is 85.5 Å². The van der Waals surface area contributed by atoms with Gasteiger partial charge in [0.1, 0.15) is 5.52 Å². The number of hydrogen-bond donors (Lipinski definition) is 1. The first kappa shape index (κ1) is 29.4. The van der Waals surface area contributed by atoms with Crippen molar-refractivity contribution in [2.24, 2.45) is 0 Å². The van der Waals surface area contributed by atoms with Gasteiger partial charge in [-0.3, -0.25) is 4.79 Å². The summed E-state index contributed by atoms with van der Waals surface area (Å²) in [5.41, 5.74) is 9.01. The molecule has 1 aliphatic rings. The number of carbonyl (C=O) groups is 1. The van der Waals surface area contributed by atoms with Crippen LogP contribution in [0.1, 0.15) is 32.6 Å². The van der Waals surface area contributed by atoms with Crippen LogP contribution in [0.25, 0.3) is 33.5 Å². The van der Waals surface area contributed by atoms with Crippen molar-refractivity contribution in [3.05, 3.63) is 101 Å². The normalized spacial score (nSPS) is 13.0. The van der Waals surface area contributed by atoms with E-state index in [4.69, 9.17) is 4.98 Å². The number of halogens is 1. The molecular formula is C32H32ClN5O3S. The third-order valence-corrected chi connectivity index (χ3v) is 9.29. The first-order valence-corrected chi connectivity index (χ1v) is 14.9. The first-order chi connectivity index (χ1) is 19.6. The Hall–Kier alpha value is -4.05. The number of hydrogen-bond acceptors (Lipinski definition) is 6. The summed E-state index contributed by atoms with van der Waals surface area (Å²) in [6.45, 7) is 5.79. The van der Waals surface area contributed by atoms with Crippen molar-refractivity contribution in [2.45, 2.75) is 31.7 Å². The number of nitrogens with zero attached hydrogens (tertiary/aromatic N) is 4. The Kier molecular flexibility index (Phi) is 7.94. The Bertz CT molecular complexity index is 1920. The molecule has 10 heteroatoms. The van der Waals surface area contributed by atoms with Gasteiger partial charge >= 0.3 is 0 Å². The van der Waals surface area contributed by atoms with Crippen LogP contribution in [0.15, 0.2) is 78.0 Å². The lowest BCUT2D eigenvalue weighted by Gasteiger charge is -2.20. The van der Waals surface area contributed by atoms with Gasteiger partial charge in [0.25, 0.3) is 15.9 Å². The number of carbonyl (C=O) groups excluding carboxylic acids is 1. The molecule has 2 aromatic heterocycles. The zero-order valence-electron chi connectivity index (χ0n) is 23.9. The van der Waals surface area contributed by atoms with Crippen LogP contribution in [0.5, 0.6) is 0 Å². The number of aryl methyl sites for hydroxylation is 2. The molecule has 0 saturated carbocycles. The Morgan fingerprint density at radius 2 is 1.69 bits per heavy atom. The lowest BCUT2D eigenvalue weighted by atomic mass is 9.93. The van der Waals surface area contributed by atoms with E-state index in [0.29, 0.717) is 22.3 Å². The van der Waals surface area contributed by atoms with E-state index in [1.54, 1.807) is 62.9 Å². The standard InChI is InChI=1S/C32H31N5O3S.ClH/c1-20-5-11-26(12-6-20)41(39,40)37-19-28(22-7-9-23(10-8-22)32(38)36(3)4)30-31(37)34-18-29(35-30)25-15-21(2)27-17-33-14-13-24(27)16-25;/h5-12,15-16,18-19,33H,13-14,17H2,1-4H3;1H. The van der Waals surface area contributed by atoms with E-state index in [-0.39, 0.29) is 28.9 Å². The molecule has 1 N–H and O–H groups in total. The molecule has 0 atom stereocenters. The highest BCUT2D eigenvalue weighted by molar-refractivity contribution is 7.90. The SMILES string of the molecule is Cc1ccc(S(=O)(=O)n2cc(-c3ccc(C(=O)N(C)C)cc3)c3nc(-c4cc(C)c5c(c4)CCNC5)cnc32)cc1.Cl. The summed E-state index contributed by atoms with van der Waals surface area (Å²) in [6, 6.07) is 18.2. The van der Waals surface area contributed by atoms with Gasteiger partial charge in [0, 0.05) is 43.5 Å². The van der Waals surface area contributed by atoms with Gasteiger partial charge in [-0.1, -0.05) is 29.8 Å². The molecule has 3 heterocycles. The maximum Gasteiger partial charge on any atom is 0.269 e. The average molecular weight is 602 g/mol. The average Bonchev–Trinajstić information content (AvgIpc) is 3.37. The van der Waals surface area contributed by atoms with E-state index in [2.05, 4.69) is 29.4 Å². The second-order valence-corrected chi connectivity index (χ2v) is 12.5. The first-order valence-electron chi connectivity index (χ1n) is 13.5. The third-order valence-electron chi connectivity index (χ3n) is 7.62. The minimum Gasteiger partial charge on any atom is -0.345 e. The van der Waals surface area contributed by atoms with Crippen molar-refractivity contribution in [3.8, 4) is 22.4 Å².